The van der Waals surface area contributed by atoms with Crippen molar-refractivity contribution >= 4 is 5.91 Å². The molecule has 0 spiro atoms. The molecule has 2 aromatic rings. The summed E-state index contributed by atoms with van der Waals surface area (Å²) in [6.45, 7) is 0. The zero-order chi connectivity index (χ0) is 12.3. The smallest absolute Gasteiger partial charge is 0.221 e. The van der Waals surface area contributed by atoms with Crippen LogP contribution in [0.2, 0.25) is 0 Å². The first-order chi connectivity index (χ1) is 8.16. The summed E-state index contributed by atoms with van der Waals surface area (Å²) >= 11 is 0. The molecule has 0 aliphatic heterocycles. The van der Waals surface area contributed by atoms with Gasteiger partial charge in [-0.05, 0) is 28.8 Å². The maximum absolute atomic E-state index is 13.3. The maximum Gasteiger partial charge on any atom is 0.221 e. The fourth-order valence-corrected chi connectivity index (χ4v) is 1.78. The summed E-state index contributed by atoms with van der Waals surface area (Å²) in [6, 6.07) is 13.7. The van der Waals surface area contributed by atoms with Gasteiger partial charge in [-0.2, -0.15) is 0 Å². The van der Waals surface area contributed by atoms with Crippen molar-refractivity contribution in [2.24, 2.45) is 5.73 Å². The van der Waals surface area contributed by atoms with Crippen LogP contribution in [0.1, 0.15) is 5.56 Å². The third kappa shape index (κ3) is 2.69. The number of nitrogens with two attached hydrogens (primary N) is 1. The molecule has 2 nitrogen and oxygen atoms in total. The standard InChI is InChI=1S/C14H12FNO/c15-12-7-6-11(8-14(16)17)13(9-12)10-4-2-1-3-5-10/h1-7,9H,8H2,(H2,16,17). The Morgan fingerprint density at radius 2 is 1.82 bits per heavy atom. The van der Waals surface area contributed by atoms with E-state index in [-0.39, 0.29) is 12.2 Å². The van der Waals surface area contributed by atoms with Gasteiger partial charge in [0.25, 0.3) is 0 Å². The lowest BCUT2D eigenvalue weighted by Gasteiger charge is -2.08. The van der Waals surface area contributed by atoms with Gasteiger partial charge in [0.05, 0.1) is 6.42 Å². The molecule has 0 fully saturated rings. The number of primary amides is 1. The molecular weight excluding hydrogens is 217 g/mol. The Balaban J connectivity index is 2.51. The minimum atomic E-state index is -0.422. The summed E-state index contributed by atoms with van der Waals surface area (Å²) in [4.78, 5) is 11.0. The molecule has 0 saturated carbocycles. The van der Waals surface area contributed by atoms with Crippen molar-refractivity contribution in [3.05, 3.63) is 59.9 Å². The number of hydrogen-bond donors (Lipinski definition) is 1. The summed E-state index contributed by atoms with van der Waals surface area (Å²) in [7, 11) is 0. The highest BCUT2D eigenvalue weighted by Crippen LogP contribution is 2.24. The van der Waals surface area contributed by atoms with Crippen LogP contribution in [-0.2, 0) is 11.2 Å². The van der Waals surface area contributed by atoms with Gasteiger partial charge < -0.3 is 5.73 Å². The quantitative estimate of drug-likeness (QED) is 0.863. The third-order valence-corrected chi connectivity index (χ3v) is 2.52. The van der Waals surface area contributed by atoms with E-state index in [4.69, 9.17) is 5.73 Å². The zero-order valence-electron chi connectivity index (χ0n) is 9.19. The number of carbonyl (C=O) groups is 1. The Labute approximate surface area is 98.9 Å². The lowest BCUT2D eigenvalue weighted by molar-refractivity contribution is -0.117. The Morgan fingerprint density at radius 3 is 2.47 bits per heavy atom. The van der Waals surface area contributed by atoms with E-state index in [1.54, 1.807) is 6.07 Å². The number of rotatable bonds is 3. The van der Waals surface area contributed by atoms with Crippen LogP contribution in [0.15, 0.2) is 48.5 Å². The minimum Gasteiger partial charge on any atom is -0.369 e. The normalized spacial score (nSPS) is 10.2. The fourth-order valence-electron chi connectivity index (χ4n) is 1.78. The molecule has 0 unspecified atom stereocenters. The van der Waals surface area contributed by atoms with Crippen molar-refractivity contribution in [1.29, 1.82) is 0 Å². The van der Waals surface area contributed by atoms with E-state index in [9.17, 15) is 9.18 Å². The molecule has 2 rings (SSSR count). The fraction of sp³-hybridized carbons (Fsp3) is 0.0714. The van der Waals surface area contributed by atoms with Gasteiger partial charge in [-0.3, -0.25) is 4.79 Å². The van der Waals surface area contributed by atoms with E-state index < -0.39 is 5.91 Å². The first-order valence-electron chi connectivity index (χ1n) is 5.29. The van der Waals surface area contributed by atoms with Crippen LogP contribution in [0.25, 0.3) is 11.1 Å². The Hall–Kier alpha value is -2.16. The van der Waals surface area contributed by atoms with Crippen LogP contribution in [0, 0.1) is 5.82 Å². The topological polar surface area (TPSA) is 43.1 Å². The summed E-state index contributed by atoms with van der Waals surface area (Å²) in [5, 5.41) is 0. The van der Waals surface area contributed by atoms with Crippen molar-refractivity contribution in [1.82, 2.24) is 0 Å². The summed E-state index contributed by atoms with van der Waals surface area (Å²) in [5.74, 6) is -0.745. The molecule has 1 amide bonds. The molecule has 0 aromatic heterocycles. The van der Waals surface area contributed by atoms with Gasteiger partial charge in [0.2, 0.25) is 5.91 Å². The van der Waals surface area contributed by atoms with E-state index in [2.05, 4.69) is 0 Å². The van der Waals surface area contributed by atoms with Crippen LogP contribution < -0.4 is 5.73 Å². The average Bonchev–Trinajstić information content (AvgIpc) is 2.32. The van der Waals surface area contributed by atoms with E-state index in [1.165, 1.54) is 12.1 Å². The molecule has 86 valence electrons. The highest BCUT2D eigenvalue weighted by molar-refractivity contribution is 5.80. The van der Waals surface area contributed by atoms with Crippen molar-refractivity contribution in [2.45, 2.75) is 6.42 Å². The maximum atomic E-state index is 13.3. The molecule has 0 aliphatic carbocycles. The van der Waals surface area contributed by atoms with Crippen molar-refractivity contribution in [2.75, 3.05) is 0 Å². The van der Waals surface area contributed by atoms with E-state index >= 15 is 0 Å². The highest BCUT2D eigenvalue weighted by Gasteiger charge is 2.08. The van der Waals surface area contributed by atoms with Gasteiger partial charge in [-0.1, -0.05) is 36.4 Å². The van der Waals surface area contributed by atoms with Crippen LogP contribution in [0.4, 0.5) is 4.39 Å². The van der Waals surface area contributed by atoms with Gasteiger partial charge in [0.15, 0.2) is 0 Å². The largest absolute Gasteiger partial charge is 0.369 e. The molecule has 0 bridgehead atoms. The Kier molecular flexibility index (Phi) is 3.19. The number of hydrogen-bond acceptors (Lipinski definition) is 1. The summed E-state index contributed by atoms with van der Waals surface area (Å²) in [5.41, 5.74) is 7.51. The lowest BCUT2D eigenvalue weighted by atomic mass is 9.97. The number of halogens is 1. The predicted octanol–water partition coefficient (Wildman–Crippen LogP) is 2.52. The van der Waals surface area contributed by atoms with Gasteiger partial charge in [-0.25, -0.2) is 4.39 Å². The van der Waals surface area contributed by atoms with Gasteiger partial charge in [0.1, 0.15) is 5.82 Å². The summed E-state index contributed by atoms with van der Waals surface area (Å²) < 4.78 is 13.3. The van der Waals surface area contributed by atoms with E-state index in [1.807, 2.05) is 30.3 Å². The van der Waals surface area contributed by atoms with Crippen LogP contribution in [0.5, 0.6) is 0 Å². The molecule has 0 atom stereocenters. The first-order valence-corrected chi connectivity index (χ1v) is 5.29. The minimum absolute atomic E-state index is 0.116. The third-order valence-electron chi connectivity index (χ3n) is 2.52. The number of amides is 1. The van der Waals surface area contributed by atoms with E-state index in [0.29, 0.717) is 5.56 Å². The van der Waals surface area contributed by atoms with Crippen LogP contribution in [0.3, 0.4) is 0 Å². The van der Waals surface area contributed by atoms with Gasteiger partial charge in [-0.15, -0.1) is 0 Å². The number of carbonyl (C=O) groups excluding carboxylic acids is 1. The molecule has 0 aliphatic rings. The Bertz CT molecular complexity index is 537. The molecule has 0 saturated heterocycles. The van der Waals surface area contributed by atoms with E-state index in [0.717, 1.165) is 11.1 Å². The number of benzene rings is 2. The second kappa shape index (κ2) is 4.78. The molecular formula is C14H12FNO. The zero-order valence-corrected chi connectivity index (χ0v) is 9.19. The second-order valence-electron chi connectivity index (χ2n) is 3.81. The molecule has 0 heterocycles. The van der Waals surface area contributed by atoms with Crippen molar-refractivity contribution < 1.29 is 9.18 Å². The summed E-state index contributed by atoms with van der Waals surface area (Å²) in [6.07, 6.45) is 0.116. The molecule has 2 N–H and O–H groups in total. The SMILES string of the molecule is NC(=O)Cc1ccc(F)cc1-c1ccccc1. The molecule has 0 radical (unpaired) electrons. The average molecular weight is 229 g/mol. The second-order valence-corrected chi connectivity index (χ2v) is 3.81. The van der Waals surface area contributed by atoms with Gasteiger partial charge in [0, 0.05) is 0 Å². The van der Waals surface area contributed by atoms with Gasteiger partial charge >= 0.3 is 0 Å². The highest BCUT2D eigenvalue weighted by atomic mass is 19.1. The molecule has 17 heavy (non-hydrogen) atoms. The predicted molar refractivity (Wildman–Crippen MR) is 64.7 cm³/mol. The van der Waals surface area contributed by atoms with Crippen molar-refractivity contribution in [3.8, 4) is 11.1 Å². The van der Waals surface area contributed by atoms with Crippen LogP contribution in [-0.4, -0.2) is 5.91 Å². The molecule has 3 heteroatoms. The Morgan fingerprint density at radius 1 is 1.12 bits per heavy atom. The molecule has 2 aromatic carbocycles. The monoisotopic (exact) mass is 229 g/mol. The first kappa shape index (κ1) is 11.3. The van der Waals surface area contributed by atoms with Crippen molar-refractivity contribution in [3.63, 3.8) is 0 Å². The lowest BCUT2D eigenvalue weighted by Crippen LogP contribution is -2.14. The van der Waals surface area contributed by atoms with Crippen LogP contribution >= 0.6 is 0 Å².